The highest BCUT2D eigenvalue weighted by Crippen LogP contribution is 2.45. The monoisotopic (exact) mass is 468 g/mol. The Kier molecular flexibility index (Phi) is 6.07. The number of benzene rings is 4. The predicted octanol–water partition coefficient (Wildman–Crippen LogP) is 9.21. The molecule has 0 fully saturated rings. The lowest BCUT2D eigenvalue weighted by Gasteiger charge is -2.26. The van der Waals surface area contributed by atoms with Crippen molar-refractivity contribution >= 4 is 16.8 Å². The van der Waals surface area contributed by atoms with Crippen LogP contribution in [0.3, 0.4) is 0 Å². The molecular formula is C35H32O. The normalized spacial score (nSPS) is 17.2. The molecule has 0 radical (unpaired) electrons. The van der Waals surface area contributed by atoms with Gasteiger partial charge >= 0.3 is 0 Å². The first-order valence-electron chi connectivity index (χ1n) is 13.1. The number of allylic oxidation sites excluding steroid dienone is 4. The van der Waals surface area contributed by atoms with E-state index in [1.165, 1.54) is 55.3 Å². The summed E-state index contributed by atoms with van der Waals surface area (Å²) in [4.78, 5) is 0. The van der Waals surface area contributed by atoms with Gasteiger partial charge in [-0.15, -0.1) is 0 Å². The van der Waals surface area contributed by atoms with E-state index in [0.717, 1.165) is 25.0 Å². The molecule has 0 bridgehead atoms. The van der Waals surface area contributed by atoms with Gasteiger partial charge in [0.05, 0.1) is 6.61 Å². The van der Waals surface area contributed by atoms with Crippen LogP contribution in [0.15, 0.2) is 103 Å². The van der Waals surface area contributed by atoms with Gasteiger partial charge in [-0.1, -0.05) is 110 Å². The minimum atomic E-state index is 0.517. The van der Waals surface area contributed by atoms with Gasteiger partial charge in [-0.05, 0) is 87.9 Å². The Labute approximate surface area is 214 Å². The Morgan fingerprint density at radius 3 is 2.42 bits per heavy atom. The average Bonchev–Trinajstić information content (AvgIpc) is 2.91. The van der Waals surface area contributed by atoms with Gasteiger partial charge < -0.3 is 4.74 Å². The maximum atomic E-state index is 6.33. The standard InChI is InChI=1S/C35H32O/c1-24-10-8-9-21-36-33-23-28(19-18-26(33)17-15-24)35-30-14-7-6-13-29(30)34(27-11-4-3-5-12-27)32-22-25(2)16-20-31(32)35/h3-8,10-16,18-20,23,25H,9,17,21-22H2,1-2H3. The molecule has 1 heteroatoms. The molecule has 6 rings (SSSR count). The number of hydrogen-bond donors (Lipinski definition) is 0. The lowest BCUT2D eigenvalue weighted by Crippen LogP contribution is -2.08. The fraction of sp³-hybridized carbons (Fsp3) is 0.200. The molecule has 0 aromatic heterocycles. The summed E-state index contributed by atoms with van der Waals surface area (Å²) in [5.74, 6) is 1.52. The van der Waals surface area contributed by atoms with Crippen molar-refractivity contribution in [1.29, 1.82) is 0 Å². The molecule has 0 saturated heterocycles. The molecule has 1 heterocycles. The van der Waals surface area contributed by atoms with E-state index in [1.807, 2.05) is 0 Å². The summed E-state index contributed by atoms with van der Waals surface area (Å²) in [5, 5.41) is 2.62. The van der Waals surface area contributed by atoms with E-state index in [-0.39, 0.29) is 0 Å². The van der Waals surface area contributed by atoms with Gasteiger partial charge in [-0.25, -0.2) is 0 Å². The largest absolute Gasteiger partial charge is 0.493 e. The Morgan fingerprint density at radius 2 is 1.58 bits per heavy atom. The van der Waals surface area contributed by atoms with Crippen LogP contribution in [0.5, 0.6) is 5.75 Å². The van der Waals surface area contributed by atoms with E-state index in [1.54, 1.807) is 0 Å². The van der Waals surface area contributed by atoms with Crippen molar-refractivity contribution in [2.75, 3.05) is 6.61 Å². The Morgan fingerprint density at radius 1 is 0.806 bits per heavy atom. The molecule has 36 heavy (non-hydrogen) atoms. The summed E-state index contributed by atoms with van der Waals surface area (Å²) in [6, 6.07) is 26.6. The van der Waals surface area contributed by atoms with E-state index in [4.69, 9.17) is 4.74 Å². The second-order valence-corrected chi connectivity index (χ2v) is 10.1. The van der Waals surface area contributed by atoms with Crippen molar-refractivity contribution in [3.8, 4) is 28.0 Å². The summed E-state index contributed by atoms with van der Waals surface area (Å²) in [7, 11) is 0. The lowest BCUT2D eigenvalue weighted by atomic mass is 9.78. The van der Waals surface area contributed by atoms with Crippen LogP contribution in [-0.2, 0) is 12.8 Å². The molecule has 0 N–H and O–H groups in total. The second kappa shape index (κ2) is 9.66. The molecule has 1 aliphatic heterocycles. The topological polar surface area (TPSA) is 9.23 Å². The van der Waals surface area contributed by atoms with Gasteiger partial charge in [0.25, 0.3) is 0 Å². The van der Waals surface area contributed by atoms with Crippen LogP contribution in [0, 0.1) is 5.92 Å². The van der Waals surface area contributed by atoms with Crippen LogP contribution in [0.25, 0.3) is 39.1 Å². The molecule has 0 amide bonds. The van der Waals surface area contributed by atoms with Crippen molar-refractivity contribution in [3.63, 3.8) is 0 Å². The highest BCUT2D eigenvalue weighted by molar-refractivity contribution is 6.10. The highest BCUT2D eigenvalue weighted by atomic mass is 16.5. The first kappa shape index (κ1) is 22.6. The maximum absolute atomic E-state index is 6.33. The van der Waals surface area contributed by atoms with Crippen LogP contribution < -0.4 is 4.74 Å². The number of hydrogen-bond acceptors (Lipinski definition) is 1. The van der Waals surface area contributed by atoms with Gasteiger partial charge in [0, 0.05) is 0 Å². The van der Waals surface area contributed by atoms with E-state index < -0.39 is 0 Å². The van der Waals surface area contributed by atoms with E-state index in [9.17, 15) is 0 Å². The predicted molar refractivity (Wildman–Crippen MR) is 153 cm³/mol. The summed E-state index contributed by atoms with van der Waals surface area (Å²) >= 11 is 0. The smallest absolute Gasteiger partial charge is 0.123 e. The fourth-order valence-electron chi connectivity index (χ4n) is 5.66. The van der Waals surface area contributed by atoms with Crippen LogP contribution in [0.2, 0.25) is 0 Å². The number of ether oxygens (including phenoxy) is 1. The van der Waals surface area contributed by atoms with E-state index >= 15 is 0 Å². The number of rotatable bonds is 2. The third-order valence-corrected chi connectivity index (χ3v) is 7.46. The van der Waals surface area contributed by atoms with Gasteiger partial charge in [-0.3, -0.25) is 0 Å². The average molecular weight is 469 g/mol. The molecule has 0 saturated carbocycles. The summed E-state index contributed by atoms with van der Waals surface area (Å²) in [5.41, 5.74) is 10.6. The first-order chi connectivity index (χ1) is 17.7. The fourth-order valence-corrected chi connectivity index (χ4v) is 5.66. The third-order valence-electron chi connectivity index (χ3n) is 7.46. The molecule has 4 aromatic rings. The zero-order chi connectivity index (χ0) is 24.5. The number of fused-ring (bicyclic) bond motifs is 3. The first-order valence-corrected chi connectivity index (χ1v) is 13.1. The van der Waals surface area contributed by atoms with Gasteiger partial charge in [-0.2, -0.15) is 0 Å². The van der Waals surface area contributed by atoms with Crippen LogP contribution in [0.4, 0.5) is 0 Å². The molecule has 1 unspecified atom stereocenters. The van der Waals surface area contributed by atoms with E-state index in [2.05, 4.69) is 117 Å². The lowest BCUT2D eigenvalue weighted by molar-refractivity contribution is 0.322. The minimum Gasteiger partial charge on any atom is -0.493 e. The molecule has 1 atom stereocenters. The van der Waals surface area contributed by atoms with Crippen LogP contribution in [-0.4, -0.2) is 6.61 Å². The van der Waals surface area contributed by atoms with Crippen molar-refractivity contribution in [3.05, 3.63) is 119 Å². The Balaban J connectivity index is 1.60. The van der Waals surface area contributed by atoms with Crippen molar-refractivity contribution in [2.24, 2.45) is 5.92 Å². The van der Waals surface area contributed by atoms with Crippen molar-refractivity contribution < 1.29 is 4.74 Å². The molecule has 178 valence electrons. The molecule has 1 aliphatic carbocycles. The minimum absolute atomic E-state index is 0.517. The van der Waals surface area contributed by atoms with Gasteiger partial charge in [0.2, 0.25) is 0 Å². The molecular weight excluding hydrogens is 436 g/mol. The van der Waals surface area contributed by atoms with Crippen molar-refractivity contribution in [1.82, 2.24) is 0 Å². The molecule has 4 aromatic carbocycles. The zero-order valence-electron chi connectivity index (χ0n) is 21.1. The molecule has 2 aliphatic rings. The summed E-state index contributed by atoms with van der Waals surface area (Å²) < 4.78 is 6.33. The van der Waals surface area contributed by atoms with Crippen molar-refractivity contribution in [2.45, 2.75) is 33.1 Å². The summed E-state index contributed by atoms with van der Waals surface area (Å²) in [6.07, 6.45) is 14.3. The molecule has 1 nitrogen and oxygen atoms in total. The summed E-state index contributed by atoms with van der Waals surface area (Å²) in [6.45, 7) is 5.19. The molecule has 0 spiro atoms. The Bertz CT molecular complexity index is 1520. The zero-order valence-corrected chi connectivity index (χ0v) is 21.1. The second-order valence-electron chi connectivity index (χ2n) is 10.1. The Hall–Kier alpha value is -3.84. The van der Waals surface area contributed by atoms with Gasteiger partial charge in [0.1, 0.15) is 5.75 Å². The quantitative estimate of drug-likeness (QED) is 0.285. The highest BCUT2D eigenvalue weighted by Gasteiger charge is 2.23. The maximum Gasteiger partial charge on any atom is 0.123 e. The third kappa shape index (κ3) is 4.20. The van der Waals surface area contributed by atoms with Crippen LogP contribution in [0.1, 0.15) is 37.0 Å². The van der Waals surface area contributed by atoms with E-state index in [0.29, 0.717) is 12.5 Å². The SMILES string of the molecule is CC1=CCc2ccc(-c3c4c(c(-c5ccccc5)c5ccccc35)CC(C)C=C4)cc2OCCC=C1. The van der Waals surface area contributed by atoms with Crippen LogP contribution >= 0.6 is 0 Å². The van der Waals surface area contributed by atoms with Gasteiger partial charge in [0.15, 0.2) is 0 Å².